The molecule has 0 bridgehead atoms. The fourth-order valence-electron chi connectivity index (χ4n) is 1.03. The van der Waals surface area contributed by atoms with Crippen LogP contribution in [0.4, 0.5) is 23.2 Å². The number of rotatable bonds is 1. The van der Waals surface area contributed by atoms with E-state index in [0.29, 0.717) is 6.07 Å². The van der Waals surface area contributed by atoms with Crippen LogP contribution in [-0.4, -0.2) is 5.91 Å². The van der Waals surface area contributed by atoms with Gasteiger partial charge in [0.15, 0.2) is 0 Å². The van der Waals surface area contributed by atoms with Crippen molar-refractivity contribution >= 4 is 11.6 Å². The predicted molar refractivity (Wildman–Crippen MR) is 44.3 cm³/mol. The van der Waals surface area contributed by atoms with Crippen molar-refractivity contribution in [1.82, 2.24) is 0 Å². The zero-order valence-corrected chi connectivity index (χ0v) is 7.23. The molecule has 1 amide bonds. The number of carbonyl (C=O) groups is 1. The summed E-state index contributed by atoms with van der Waals surface area (Å²) >= 11 is 0. The van der Waals surface area contributed by atoms with Crippen molar-refractivity contribution in [3.8, 4) is 0 Å². The summed E-state index contributed by atoms with van der Waals surface area (Å²) in [6, 6.07) is 1.16. The number of carbonyl (C=O) groups excluding carboxylic acids is 1. The van der Waals surface area contributed by atoms with E-state index < -0.39 is 29.0 Å². The van der Waals surface area contributed by atoms with Crippen LogP contribution in [0.2, 0.25) is 0 Å². The first kappa shape index (κ1) is 11.3. The molecule has 7 heteroatoms. The third kappa shape index (κ3) is 2.17. The number of benzene rings is 1. The van der Waals surface area contributed by atoms with E-state index in [2.05, 4.69) is 0 Å². The summed E-state index contributed by atoms with van der Waals surface area (Å²) in [7, 11) is 0. The average molecular weight is 222 g/mol. The average Bonchev–Trinajstić information content (AvgIpc) is 2.06. The highest BCUT2D eigenvalue weighted by Gasteiger charge is 2.36. The SMILES string of the molecule is NC(=O)c1cc(N)cc(C(F)(F)F)c1F. The molecule has 0 aliphatic rings. The minimum Gasteiger partial charge on any atom is -0.399 e. The van der Waals surface area contributed by atoms with Crippen LogP contribution in [0.5, 0.6) is 0 Å². The van der Waals surface area contributed by atoms with E-state index in [4.69, 9.17) is 11.5 Å². The highest BCUT2D eigenvalue weighted by molar-refractivity contribution is 5.94. The lowest BCUT2D eigenvalue weighted by Crippen LogP contribution is -2.18. The first-order valence-corrected chi connectivity index (χ1v) is 3.69. The number of primary amides is 1. The van der Waals surface area contributed by atoms with Crippen LogP contribution in [0.3, 0.4) is 0 Å². The van der Waals surface area contributed by atoms with Gasteiger partial charge in [-0.25, -0.2) is 4.39 Å². The summed E-state index contributed by atoms with van der Waals surface area (Å²) in [6.45, 7) is 0. The van der Waals surface area contributed by atoms with Gasteiger partial charge in [-0.2, -0.15) is 13.2 Å². The Morgan fingerprint density at radius 2 is 1.80 bits per heavy atom. The zero-order chi connectivity index (χ0) is 11.8. The van der Waals surface area contributed by atoms with Crippen molar-refractivity contribution in [1.29, 1.82) is 0 Å². The second kappa shape index (κ2) is 3.41. The van der Waals surface area contributed by atoms with Crippen LogP contribution in [0.1, 0.15) is 15.9 Å². The van der Waals surface area contributed by atoms with Gasteiger partial charge < -0.3 is 11.5 Å². The van der Waals surface area contributed by atoms with Crippen molar-refractivity contribution in [3.05, 3.63) is 29.1 Å². The molecule has 1 aromatic carbocycles. The Hall–Kier alpha value is -1.79. The molecule has 1 aromatic rings. The number of halogens is 4. The Kier molecular flexibility index (Phi) is 2.57. The number of alkyl halides is 3. The first-order chi connectivity index (χ1) is 6.73. The quantitative estimate of drug-likeness (QED) is 0.558. The first-order valence-electron chi connectivity index (χ1n) is 3.69. The molecule has 0 spiro atoms. The normalized spacial score (nSPS) is 11.5. The number of anilines is 1. The highest BCUT2D eigenvalue weighted by atomic mass is 19.4. The van der Waals surface area contributed by atoms with Crippen LogP contribution in [0, 0.1) is 5.82 Å². The third-order valence-electron chi connectivity index (χ3n) is 1.67. The lowest BCUT2D eigenvalue weighted by molar-refractivity contribution is -0.139. The predicted octanol–water partition coefficient (Wildman–Crippen LogP) is 1.53. The van der Waals surface area contributed by atoms with E-state index in [-0.39, 0.29) is 5.69 Å². The van der Waals surface area contributed by atoms with E-state index in [1.54, 1.807) is 0 Å². The molecule has 0 aromatic heterocycles. The van der Waals surface area contributed by atoms with Crippen LogP contribution >= 0.6 is 0 Å². The zero-order valence-electron chi connectivity index (χ0n) is 7.23. The van der Waals surface area contributed by atoms with Gasteiger partial charge in [0.2, 0.25) is 0 Å². The fraction of sp³-hybridized carbons (Fsp3) is 0.125. The molecule has 82 valence electrons. The van der Waals surface area contributed by atoms with E-state index in [1.165, 1.54) is 0 Å². The summed E-state index contributed by atoms with van der Waals surface area (Å²) in [4.78, 5) is 10.6. The van der Waals surface area contributed by atoms with Crippen LogP contribution in [-0.2, 0) is 6.18 Å². The van der Waals surface area contributed by atoms with E-state index >= 15 is 0 Å². The second-order valence-electron chi connectivity index (χ2n) is 2.79. The van der Waals surface area contributed by atoms with Crippen molar-refractivity contribution < 1.29 is 22.4 Å². The molecular weight excluding hydrogens is 216 g/mol. The Balaban J connectivity index is 3.49. The molecule has 0 saturated carbocycles. The van der Waals surface area contributed by atoms with Gasteiger partial charge >= 0.3 is 6.18 Å². The van der Waals surface area contributed by atoms with E-state index in [0.717, 1.165) is 6.07 Å². The van der Waals surface area contributed by atoms with Crippen LogP contribution in [0.15, 0.2) is 12.1 Å². The van der Waals surface area contributed by atoms with Gasteiger partial charge in [-0.15, -0.1) is 0 Å². The fourth-order valence-corrected chi connectivity index (χ4v) is 1.03. The smallest absolute Gasteiger partial charge is 0.399 e. The van der Waals surface area contributed by atoms with Crippen LogP contribution < -0.4 is 11.5 Å². The summed E-state index contributed by atoms with van der Waals surface area (Å²) in [5.41, 5.74) is 6.93. The molecule has 0 saturated heterocycles. The van der Waals surface area contributed by atoms with Crippen molar-refractivity contribution in [3.63, 3.8) is 0 Å². The molecule has 15 heavy (non-hydrogen) atoms. The monoisotopic (exact) mass is 222 g/mol. The van der Waals surface area contributed by atoms with Gasteiger partial charge in [0, 0.05) is 5.69 Å². The van der Waals surface area contributed by atoms with Crippen molar-refractivity contribution in [2.75, 3.05) is 5.73 Å². The molecule has 0 heterocycles. The number of hydrogen-bond donors (Lipinski definition) is 2. The molecule has 0 fully saturated rings. The molecular formula is C8H6F4N2O. The summed E-state index contributed by atoms with van der Waals surface area (Å²) in [5.74, 6) is -3.01. The maximum absolute atomic E-state index is 13.1. The molecule has 0 aliphatic heterocycles. The van der Waals surface area contributed by atoms with Crippen LogP contribution in [0.25, 0.3) is 0 Å². The Labute approximate surface area is 81.7 Å². The number of amides is 1. The lowest BCUT2D eigenvalue weighted by Gasteiger charge is -2.10. The van der Waals surface area contributed by atoms with Gasteiger partial charge in [-0.1, -0.05) is 0 Å². The molecule has 0 aliphatic carbocycles. The maximum Gasteiger partial charge on any atom is 0.419 e. The topological polar surface area (TPSA) is 69.1 Å². The third-order valence-corrected chi connectivity index (χ3v) is 1.67. The van der Waals surface area contributed by atoms with Crippen molar-refractivity contribution in [2.45, 2.75) is 6.18 Å². The van der Waals surface area contributed by atoms with E-state index in [9.17, 15) is 22.4 Å². The summed E-state index contributed by atoms with van der Waals surface area (Å²) in [6.07, 6.45) is -4.91. The lowest BCUT2D eigenvalue weighted by atomic mass is 10.1. The van der Waals surface area contributed by atoms with Gasteiger partial charge in [-0.05, 0) is 12.1 Å². The largest absolute Gasteiger partial charge is 0.419 e. The molecule has 0 radical (unpaired) electrons. The molecule has 3 nitrogen and oxygen atoms in total. The minimum absolute atomic E-state index is 0.377. The van der Waals surface area contributed by atoms with Gasteiger partial charge in [0.25, 0.3) is 5.91 Å². The Morgan fingerprint density at radius 3 is 2.20 bits per heavy atom. The molecule has 0 atom stereocenters. The number of nitrogens with two attached hydrogens (primary N) is 2. The minimum atomic E-state index is -4.91. The molecule has 4 N–H and O–H groups in total. The van der Waals surface area contributed by atoms with Crippen molar-refractivity contribution in [2.24, 2.45) is 5.73 Å². The van der Waals surface area contributed by atoms with Gasteiger partial charge in [0.05, 0.1) is 11.1 Å². The summed E-state index contributed by atoms with van der Waals surface area (Å²) < 4.78 is 49.8. The van der Waals surface area contributed by atoms with Gasteiger partial charge in [-0.3, -0.25) is 4.79 Å². The highest BCUT2D eigenvalue weighted by Crippen LogP contribution is 2.33. The number of hydrogen-bond acceptors (Lipinski definition) is 2. The molecule has 1 rings (SSSR count). The maximum atomic E-state index is 13.1. The second-order valence-corrected chi connectivity index (χ2v) is 2.79. The van der Waals surface area contributed by atoms with Gasteiger partial charge in [0.1, 0.15) is 5.82 Å². The standard InChI is InChI=1S/C8H6F4N2O/c9-6-4(7(14)15)1-3(13)2-5(6)8(10,11)12/h1-2H,13H2,(H2,14,15). The summed E-state index contributed by atoms with van der Waals surface area (Å²) in [5, 5.41) is 0. The Morgan fingerprint density at radius 1 is 1.27 bits per heavy atom. The number of nitrogen functional groups attached to an aromatic ring is 1. The Bertz CT molecular complexity index is 414. The molecule has 0 unspecified atom stereocenters. The van der Waals surface area contributed by atoms with E-state index in [1.807, 2.05) is 0 Å².